The number of carbonyl (C=O) groups is 3. The van der Waals surface area contributed by atoms with Crippen LogP contribution in [0.15, 0.2) is 24.3 Å². The second-order valence-corrected chi connectivity index (χ2v) is 6.64. The number of amides is 2. The van der Waals surface area contributed by atoms with Crippen molar-refractivity contribution in [2.45, 2.75) is 25.6 Å². The molecule has 8 heteroatoms. The van der Waals surface area contributed by atoms with Crippen molar-refractivity contribution in [2.75, 3.05) is 44.9 Å². The first kappa shape index (κ1) is 19.3. The summed E-state index contributed by atoms with van der Waals surface area (Å²) >= 11 is 0. The summed E-state index contributed by atoms with van der Waals surface area (Å²) < 4.78 is 16.1. The van der Waals surface area contributed by atoms with E-state index in [1.807, 2.05) is 0 Å². The number of rotatable bonds is 4. The molecule has 2 aliphatic rings. The van der Waals surface area contributed by atoms with Gasteiger partial charge in [0.1, 0.15) is 6.54 Å². The Morgan fingerprint density at radius 3 is 2.44 bits per heavy atom. The number of methoxy groups -OCH3 is 1. The summed E-state index contributed by atoms with van der Waals surface area (Å²) in [6.45, 7) is 3.52. The normalized spacial score (nSPS) is 18.4. The summed E-state index contributed by atoms with van der Waals surface area (Å²) in [7, 11) is 1.29. The Balaban J connectivity index is 1.67. The maximum absolute atomic E-state index is 12.7. The lowest BCUT2D eigenvalue weighted by molar-refractivity contribution is -0.187. The molecule has 0 aliphatic carbocycles. The molecule has 0 atom stereocenters. The highest BCUT2D eigenvalue weighted by atomic mass is 16.7. The van der Waals surface area contributed by atoms with Gasteiger partial charge in [-0.05, 0) is 18.2 Å². The Morgan fingerprint density at radius 2 is 1.85 bits per heavy atom. The largest absolute Gasteiger partial charge is 0.465 e. The highest BCUT2D eigenvalue weighted by Crippen LogP contribution is 2.31. The van der Waals surface area contributed by atoms with E-state index in [4.69, 9.17) is 14.2 Å². The van der Waals surface area contributed by atoms with Crippen LogP contribution in [0.4, 0.5) is 5.69 Å². The number of piperidine rings is 1. The Labute approximate surface area is 158 Å². The van der Waals surface area contributed by atoms with Crippen LogP contribution >= 0.6 is 0 Å². The predicted octanol–water partition coefficient (Wildman–Crippen LogP) is 1.19. The van der Waals surface area contributed by atoms with Crippen LogP contribution in [0.5, 0.6) is 0 Å². The van der Waals surface area contributed by atoms with Crippen molar-refractivity contribution in [1.29, 1.82) is 0 Å². The molecular weight excluding hydrogens is 352 g/mol. The van der Waals surface area contributed by atoms with Crippen LogP contribution < -0.4 is 4.90 Å². The third kappa shape index (κ3) is 4.28. The Bertz CT molecular complexity index is 719. The second kappa shape index (κ2) is 8.06. The number of hydrogen-bond donors (Lipinski definition) is 0. The van der Waals surface area contributed by atoms with Crippen molar-refractivity contribution in [3.63, 3.8) is 0 Å². The van der Waals surface area contributed by atoms with E-state index in [0.717, 1.165) is 0 Å². The predicted molar refractivity (Wildman–Crippen MR) is 96.3 cm³/mol. The average molecular weight is 376 g/mol. The Hall–Kier alpha value is -2.45. The number of benzene rings is 1. The minimum atomic E-state index is -0.550. The van der Waals surface area contributed by atoms with Gasteiger partial charge in [0, 0.05) is 38.5 Å². The van der Waals surface area contributed by atoms with Gasteiger partial charge in [0.2, 0.25) is 11.8 Å². The van der Waals surface area contributed by atoms with Gasteiger partial charge in [-0.1, -0.05) is 6.07 Å². The summed E-state index contributed by atoms with van der Waals surface area (Å²) in [5.41, 5.74) is 0.804. The first-order valence-corrected chi connectivity index (χ1v) is 8.96. The molecule has 2 heterocycles. The van der Waals surface area contributed by atoms with E-state index in [1.54, 1.807) is 29.2 Å². The van der Waals surface area contributed by atoms with Gasteiger partial charge in [-0.3, -0.25) is 9.59 Å². The Kier molecular flexibility index (Phi) is 5.76. The van der Waals surface area contributed by atoms with Gasteiger partial charge < -0.3 is 24.0 Å². The number of nitrogens with zero attached hydrogens (tertiary/aromatic N) is 2. The monoisotopic (exact) mass is 376 g/mol. The molecule has 0 saturated carbocycles. The van der Waals surface area contributed by atoms with Crippen LogP contribution in [0.2, 0.25) is 0 Å². The van der Waals surface area contributed by atoms with Crippen LogP contribution in [0.3, 0.4) is 0 Å². The molecule has 0 N–H and O–H groups in total. The molecule has 1 spiro atoms. The summed E-state index contributed by atoms with van der Waals surface area (Å²) in [5, 5.41) is 0. The fourth-order valence-corrected chi connectivity index (χ4v) is 3.42. The summed E-state index contributed by atoms with van der Waals surface area (Å²) in [6, 6.07) is 6.49. The maximum atomic E-state index is 12.7. The first-order valence-electron chi connectivity index (χ1n) is 8.96. The molecule has 0 aromatic heterocycles. The lowest BCUT2D eigenvalue weighted by atomic mass is 10.0. The number of likely N-dealkylation sites (tertiary alicyclic amines) is 1. The van der Waals surface area contributed by atoms with Gasteiger partial charge in [0.15, 0.2) is 5.79 Å². The number of hydrogen-bond acceptors (Lipinski definition) is 6. The van der Waals surface area contributed by atoms with E-state index in [-0.39, 0.29) is 18.4 Å². The van der Waals surface area contributed by atoms with Gasteiger partial charge >= 0.3 is 5.97 Å². The minimum Gasteiger partial charge on any atom is -0.465 e. The minimum absolute atomic E-state index is 0.0886. The highest BCUT2D eigenvalue weighted by Gasteiger charge is 2.41. The SMILES string of the molecule is COC(=O)c1cccc(N(CC(=O)N2CCC3(CC2)OCCO3)C(C)=O)c1. The summed E-state index contributed by atoms with van der Waals surface area (Å²) in [4.78, 5) is 39.6. The zero-order valence-electron chi connectivity index (χ0n) is 15.6. The lowest BCUT2D eigenvalue weighted by Crippen LogP contribution is -2.50. The number of ether oxygens (including phenoxy) is 3. The van der Waals surface area contributed by atoms with Crippen molar-refractivity contribution >= 4 is 23.5 Å². The van der Waals surface area contributed by atoms with Gasteiger partial charge in [-0.2, -0.15) is 0 Å². The zero-order chi connectivity index (χ0) is 19.4. The van der Waals surface area contributed by atoms with Crippen molar-refractivity contribution in [2.24, 2.45) is 0 Å². The smallest absolute Gasteiger partial charge is 0.337 e. The number of carbonyl (C=O) groups excluding carboxylic acids is 3. The third-order valence-corrected chi connectivity index (χ3v) is 4.94. The van der Waals surface area contributed by atoms with Gasteiger partial charge in [0.05, 0.1) is 25.9 Å². The first-order chi connectivity index (χ1) is 12.9. The second-order valence-electron chi connectivity index (χ2n) is 6.64. The van der Waals surface area contributed by atoms with E-state index in [2.05, 4.69) is 0 Å². The molecule has 3 rings (SSSR count). The zero-order valence-corrected chi connectivity index (χ0v) is 15.6. The number of esters is 1. The van der Waals surface area contributed by atoms with E-state index < -0.39 is 11.8 Å². The van der Waals surface area contributed by atoms with Crippen molar-refractivity contribution in [3.8, 4) is 0 Å². The quantitative estimate of drug-likeness (QED) is 0.734. The van der Waals surface area contributed by atoms with Crippen LogP contribution in [0.25, 0.3) is 0 Å². The van der Waals surface area contributed by atoms with Crippen LogP contribution in [0.1, 0.15) is 30.1 Å². The molecule has 0 radical (unpaired) electrons. The highest BCUT2D eigenvalue weighted by molar-refractivity contribution is 5.99. The molecule has 1 aromatic rings. The molecule has 2 amide bonds. The standard InChI is InChI=1S/C19H24N2O6/c1-14(22)21(16-5-3-4-15(12-16)18(24)25-2)13-17(23)20-8-6-19(7-9-20)26-10-11-27-19/h3-5,12H,6-11,13H2,1-2H3. The van der Waals surface area contributed by atoms with Crippen molar-refractivity contribution < 1.29 is 28.6 Å². The van der Waals surface area contributed by atoms with E-state index in [1.165, 1.54) is 18.9 Å². The van der Waals surface area contributed by atoms with Gasteiger partial charge in [-0.15, -0.1) is 0 Å². The molecule has 2 aliphatic heterocycles. The van der Waals surface area contributed by atoms with E-state index >= 15 is 0 Å². The third-order valence-electron chi connectivity index (χ3n) is 4.94. The van der Waals surface area contributed by atoms with Crippen molar-refractivity contribution in [1.82, 2.24) is 4.90 Å². The molecule has 8 nitrogen and oxygen atoms in total. The summed E-state index contributed by atoms with van der Waals surface area (Å²) in [6.07, 6.45) is 1.24. The fourth-order valence-electron chi connectivity index (χ4n) is 3.42. The molecule has 1 aromatic carbocycles. The topological polar surface area (TPSA) is 85.4 Å². The van der Waals surface area contributed by atoms with Crippen molar-refractivity contribution in [3.05, 3.63) is 29.8 Å². The molecule has 0 bridgehead atoms. The van der Waals surface area contributed by atoms with Crippen LogP contribution in [0, 0.1) is 0 Å². The number of anilines is 1. The van der Waals surface area contributed by atoms with Gasteiger partial charge in [-0.25, -0.2) is 4.79 Å². The molecule has 2 saturated heterocycles. The average Bonchev–Trinajstić information content (AvgIpc) is 3.13. The molecular formula is C19H24N2O6. The summed E-state index contributed by atoms with van der Waals surface area (Å²) in [5.74, 6) is -1.47. The Morgan fingerprint density at radius 1 is 1.19 bits per heavy atom. The van der Waals surface area contributed by atoms with Gasteiger partial charge in [0.25, 0.3) is 0 Å². The fraction of sp³-hybridized carbons (Fsp3) is 0.526. The maximum Gasteiger partial charge on any atom is 0.337 e. The van der Waals surface area contributed by atoms with Crippen LogP contribution in [-0.2, 0) is 23.8 Å². The molecule has 146 valence electrons. The molecule has 0 unspecified atom stereocenters. The van der Waals surface area contributed by atoms with E-state index in [9.17, 15) is 14.4 Å². The van der Waals surface area contributed by atoms with Crippen LogP contribution in [-0.4, -0.2) is 68.4 Å². The molecule has 2 fully saturated rings. The molecule has 27 heavy (non-hydrogen) atoms. The van der Waals surface area contributed by atoms with E-state index in [0.29, 0.717) is 50.4 Å². The lowest BCUT2D eigenvalue weighted by Gasteiger charge is -2.38.